The number of aromatic nitrogens is 1. The molecule has 17 heavy (non-hydrogen) atoms. The summed E-state index contributed by atoms with van der Waals surface area (Å²) in [6.07, 6.45) is 2.73. The van der Waals surface area contributed by atoms with Crippen molar-refractivity contribution in [2.24, 2.45) is 5.92 Å². The molecule has 0 bridgehead atoms. The number of carbonyl (C=O) groups is 1. The van der Waals surface area contributed by atoms with E-state index in [9.17, 15) is 4.79 Å². The van der Waals surface area contributed by atoms with Crippen LogP contribution in [0.3, 0.4) is 0 Å². The van der Waals surface area contributed by atoms with Gasteiger partial charge in [-0.2, -0.15) is 0 Å². The Morgan fingerprint density at radius 1 is 1.59 bits per heavy atom. The summed E-state index contributed by atoms with van der Waals surface area (Å²) in [6.45, 7) is 3.02. The van der Waals surface area contributed by atoms with Gasteiger partial charge in [0, 0.05) is 28.6 Å². The Morgan fingerprint density at radius 2 is 2.35 bits per heavy atom. The highest BCUT2D eigenvalue weighted by atomic mass is 79.9. The summed E-state index contributed by atoms with van der Waals surface area (Å²) < 4.78 is 0.890. The minimum absolute atomic E-state index is 0.0336. The standard InChI is InChI=1S/C12H14Br2N2O/c1-8-4-5-16(11(8)6-13)12(17)10-3-2-9(14)7-15-10/h2-3,7-8,11H,4-6H2,1H3. The smallest absolute Gasteiger partial charge is 0.272 e. The molecule has 0 aromatic carbocycles. The van der Waals surface area contributed by atoms with E-state index in [0.29, 0.717) is 11.6 Å². The van der Waals surface area contributed by atoms with Crippen LogP contribution in [0.25, 0.3) is 0 Å². The van der Waals surface area contributed by atoms with Crippen LogP contribution in [0.4, 0.5) is 0 Å². The lowest BCUT2D eigenvalue weighted by molar-refractivity contribution is 0.0732. The van der Waals surface area contributed by atoms with Crippen molar-refractivity contribution in [3.8, 4) is 0 Å². The molecule has 0 radical (unpaired) electrons. The number of halogens is 2. The van der Waals surface area contributed by atoms with E-state index in [-0.39, 0.29) is 11.9 Å². The largest absolute Gasteiger partial charge is 0.333 e. The van der Waals surface area contributed by atoms with Crippen LogP contribution in [-0.2, 0) is 0 Å². The lowest BCUT2D eigenvalue weighted by Crippen LogP contribution is -2.38. The maximum absolute atomic E-state index is 12.3. The molecule has 1 aromatic heterocycles. The Labute approximate surface area is 118 Å². The van der Waals surface area contributed by atoms with Gasteiger partial charge in [-0.1, -0.05) is 22.9 Å². The second-order valence-corrected chi connectivity index (χ2v) is 5.91. The molecule has 0 N–H and O–H groups in total. The average Bonchev–Trinajstić information content (AvgIpc) is 2.70. The molecular weight excluding hydrogens is 348 g/mol. The van der Waals surface area contributed by atoms with Crippen LogP contribution >= 0.6 is 31.9 Å². The van der Waals surface area contributed by atoms with Crippen molar-refractivity contribution in [1.82, 2.24) is 9.88 Å². The second kappa shape index (κ2) is 5.48. The van der Waals surface area contributed by atoms with Crippen LogP contribution in [0.5, 0.6) is 0 Å². The third kappa shape index (κ3) is 2.71. The molecular formula is C12H14Br2N2O. The minimum atomic E-state index is 0.0336. The van der Waals surface area contributed by atoms with Crippen molar-refractivity contribution in [2.75, 3.05) is 11.9 Å². The predicted molar refractivity (Wildman–Crippen MR) is 74.3 cm³/mol. The second-order valence-electron chi connectivity index (χ2n) is 4.35. The molecule has 3 nitrogen and oxygen atoms in total. The summed E-state index contributed by atoms with van der Waals surface area (Å²) >= 11 is 6.81. The molecule has 0 saturated carbocycles. The monoisotopic (exact) mass is 360 g/mol. The molecule has 0 spiro atoms. The Kier molecular flexibility index (Phi) is 4.20. The highest BCUT2D eigenvalue weighted by Crippen LogP contribution is 2.26. The first-order chi connectivity index (χ1) is 8.13. The Morgan fingerprint density at radius 3 is 2.94 bits per heavy atom. The fourth-order valence-electron chi connectivity index (χ4n) is 2.15. The first-order valence-corrected chi connectivity index (χ1v) is 7.53. The summed E-state index contributed by atoms with van der Waals surface area (Å²) in [6, 6.07) is 3.90. The summed E-state index contributed by atoms with van der Waals surface area (Å²) in [4.78, 5) is 18.4. The van der Waals surface area contributed by atoms with Gasteiger partial charge >= 0.3 is 0 Å². The van der Waals surface area contributed by atoms with Gasteiger partial charge in [0.1, 0.15) is 5.69 Å². The van der Waals surface area contributed by atoms with Crippen LogP contribution < -0.4 is 0 Å². The van der Waals surface area contributed by atoms with Crippen molar-refractivity contribution < 1.29 is 4.79 Å². The molecule has 1 aliphatic rings. The van der Waals surface area contributed by atoms with Crippen LogP contribution in [0.1, 0.15) is 23.8 Å². The number of nitrogens with zero attached hydrogens (tertiary/aromatic N) is 2. The molecule has 0 aliphatic carbocycles. The zero-order valence-corrected chi connectivity index (χ0v) is 12.7. The summed E-state index contributed by atoms with van der Waals surface area (Å²) in [5.41, 5.74) is 0.522. The Hall–Kier alpha value is -0.420. The molecule has 1 fully saturated rings. The van der Waals surface area contributed by atoms with E-state index in [1.807, 2.05) is 11.0 Å². The van der Waals surface area contributed by atoms with E-state index in [4.69, 9.17) is 0 Å². The van der Waals surface area contributed by atoms with Crippen molar-refractivity contribution in [1.29, 1.82) is 0 Å². The number of amides is 1. The van der Waals surface area contributed by atoms with Gasteiger partial charge in [-0.25, -0.2) is 4.98 Å². The normalized spacial score (nSPS) is 24.1. The SMILES string of the molecule is CC1CCN(C(=O)c2ccc(Br)cn2)C1CBr. The van der Waals surface area contributed by atoms with Crippen molar-refractivity contribution in [3.05, 3.63) is 28.5 Å². The maximum Gasteiger partial charge on any atom is 0.272 e. The summed E-state index contributed by atoms with van der Waals surface area (Å²) in [7, 11) is 0. The quantitative estimate of drug-likeness (QED) is 0.758. The molecule has 1 aromatic rings. The zero-order valence-electron chi connectivity index (χ0n) is 9.57. The first kappa shape index (κ1) is 13.0. The number of likely N-dealkylation sites (tertiary alicyclic amines) is 1. The van der Waals surface area contributed by atoms with E-state index < -0.39 is 0 Å². The molecule has 2 atom stereocenters. The van der Waals surface area contributed by atoms with E-state index >= 15 is 0 Å². The topological polar surface area (TPSA) is 33.2 Å². The molecule has 5 heteroatoms. The predicted octanol–water partition coefficient (Wildman–Crippen LogP) is 3.09. The van der Waals surface area contributed by atoms with Gasteiger partial charge in [-0.15, -0.1) is 0 Å². The van der Waals surface area contributed by atoms with E-state index in [1.165, 1.54) is 0 Å². The number of alkyl halides is 1. The van der Waals surface area contributed by atoms with Crippen molar-refractivity contribution >= 4 is 37.8 Å². The van der Waals surface area contributed by atoms with E-state index in [1.54, 1.807) is 12.3 Å². The number of hydrogen-bond donors (Lipinski definition) is 0. The van der Waals surface area contributed by atoms with E-state index in [0.717, 1.165) is 22.8 Å². The average molecular weight is 362 g/mol. The molecule has 2 heterocycles. The van der Waals surface area contributed by atoms with Crippen molar-refractivity contribution in [2.45, 2.75) is 19.4 Å². The fourth-order valence-corrected chi connectivity index (χ4v) is 3.37. The first-order valence-electron chi connectivity index (χ1n) is 5.62. The minimum Gasteiger partial charge on any atom is -0.333 e. The van der Waals surface area contributed by atoms with Gasteiger partial charge in [-0.3, -0.25) is 4.79 Å². The van der Waals surface area contributed by atoms with Crippen LogP contribution in [-0.4, -0.2) is 33.7 Å². The van der Waals surface area contributed by atoms with Crippen LogP contribution in [0.15, 0.2) is 22.8 Å². The summed E-state index contributed by atoms with van der Waals surface area (Å²) in [5, 5.41) is 0.830. The molecule has 1 amide bonds. The van der Waals surface area contributed by atoms with Gasteiger partial charge in [0.2, 0.25) is 0 Å². The van der Waals surface area contributed by atoms with Crippen LogP contribution in [0.2, 0.25) is 0 Å². The fraction of sp³-hybridized carbons (Fsp3) is 0.500. The number of hydrogen-bond acceptors (Lipinski definition) is 2. The third-order valence-electron chi connectivity index (χ3n) is 3.25. The molecule has 2 unspecified atom stereocenters. The zero-order chi connectivity index (χ0) is 12.4. The van der Waals surface area contributed by atoms with Gasteiger partial charge in [0.05, 0.1) is 0 Å². The van der Waals surface area contributed by atoms with Gasteiger partial charge in [0.15, 0.2) is 0 Å². The number of pyridine rings is 1. The highest BCUT2D eigenvalue weighted by Gasteiger charge is 2.34. The number of rotatable bonds is 2. The lowest BCUT2D eigenvalue weighted by atomic mass is 10.1. The van der Waals surface area contributed by atoms with Gasteiger partial charge in [-0.05, 0) is 40.4 Å². The van der Waals surface area contributed by atoms with Gasteiger partial charge in [0.25, 0.3) is 5.91 Å². The van der Waals surface area contributed by atoms with Gasteiger partial charge < -0.3 is 4.90 Å². The Balaban J connectivity index is 2.17. The van der Waals surface area contributed by atoms with Crippen LogP contribution in [0, 0.1) is 5.92 Å². The third-order valence-corrected chi connectivity index (χ3v) is 4.38. The summed E-state index contributed by atoms with van der Waals surface area (Å²) in [5.74, 6) is 0.583. The number of carbonyl (C=O) groups excluding carboxylic acids is 1. The van der Waals surface area contributed by atoms with Crippen molar-refractivity contribution in [3.63, 3.8) is 0 Å². The Bertz CT molecular complexity index is 407. The molecule has 1 saturated heterocycles. The highest BCUT2D eigenvalue weighted by molar-refractivity contribution is 9.10. The molecule has 2 rings (SSSR count). The maximum atomic E-state index is 12.3. The van der Waals surface area contributed by atoms with E-state index in [2.05, 4.69) is 43.8 Å². The molecule has 1 aliphatic heterocycles. The molecule has 92 valence electrons. The lowest BCUT2D eigenvalue weighted by Gasteiger charge is -2.24.